The fourth-order valence-corrected chi connectivity index (χ4v) is 3.08. The van der Waals surface area contributed by atoms with Crippen LogP contribution in [0.15, 0.2) is 59.1 Å². The second-order valence-corrected chi connectivity index (χ2v) is 6.90. The third-order valence-electron chi connectivity index (χ3n) is 4.03. The van der Waals surface area contributed by atoms with Gasteiger partial charge in [0.15, 0.2) is 5.76 Å². The van der Waals surface area contributed by atoms with Gasteiger partial charge in [0.25, 0.3) is 0 Å². The number of halogens is 2. The molecule has 0 aliphatic rings. The highest BCUT2D eigenvalue weighted by Crippen LogP contribution is 2.24. The molecule has 0 saturated heterocycles. The fraction of sp³-hybridized carbons (Fsp3) is 0.250. The third-order valence-corrected chi connectivity index (χ3v) is 4.77. The lowest BCUT2D eigenvalue weighted by Crippen LogP contribution is -2.24. The van der Waals surface area contributed by atoms with Crippen molar-refractivity contribution in [3.63, 3.8) is 0 Å². The fourth-order valence-electron chi connectivity index (χ4n) is 2.76. The summed E-state index contributed by atoms with van der Waals surface area (Å²) in [6.45, 7) is 2.15. The minimum atomic E-state index is 0.142. The molecule has 1 aromatic heterocycles. The molecular weight excluding hydrogens is 371 g/mol. The van der Waals surface area contributed by atoms with Gasteiger partial charge in [-0.2, -0.15) is 0 Å². The first-order chi connectivity index (χ1) is 12.7. The number of aromatic nitrogens is 1. The summed E-state index contributed by atoms with van der Waals surface area (Å²) in [5.41, 5.74) is 2.89. The van der Waals surface area contributed by atoms with E-state index >= 15 is 0 Å². The first-order valence-corrected chi connectivity index (χ1v) is 9.19. The lowest BCUT2D eigenvalue weighted by Gasteiger charge is -2.20. The van der Waals surface area contributed by atoms with Crippen LogP contribution in [0.5, 0.6) is 0 Å². The van der Waals surface area contributed by atoms with E-state index < -0.39 is 0 Å². The standard InChI is InChI=1S/C20H20Cl2N2O2/c21-18-8-7-15(11-19(18)22)13-24(9-4-10-25)14-17-12-20(23-26-17)16-5-2-1-3-6-16/h1-3,5-8,11-12,25H,4,9-10,13-14H2. The SMILES string of the molecule is OCCCN(Cc1ccc(Cl)c(Cl)c1)Cc1cc(-c2ccccc2)no1. The average molecular weight is 391 g/mol. The van der Waals surface area contributed by atoms with Crippen molar-refractivity contribution in [1.82, 2.24) is 10.1 Å². The minimum Gasteiger partial charge on any atom is -0.396 e. The van der Waals surface area contributed by atoms with Gasteiger partial charge in [-0.3, -0.25) is 4.90 Å². The van der Waals surface area contributed by atoms with Crippen molar-refractivity contribution in [3.05, 3.63) is 76.0 Å². The first-order valence-electron chi connectivity index (χ1n) is 8.44. The Kier molecular flexibility index (Phi) is 6.69. The quantitative estimate of drug-likeness (QED) is 0.585. The van der Waals surface area contributed by atoms with Crippen molar-refractivity contribution in [3.8, 4) is 11.3 Å². The Morgan fingerprint density at radius 1 is 0.962 bits per heavy atom. The highest BCUT2D eigenvalue weighted by Gasteiger charge is 2.13. The molecule has 0 radical (unpaired) electrons. The van der Waals surface area contributed by atoms with Crippen LogP contribution in [0.2, 0.25) is 10.0 Å². The molecule has 0 spiro atoms. The van der Waals surface area contributed by atoms with Crippen molar-refractivity contribution in [1.29, 1.82) is 0 Å². The van der Waals surface area contributed by atoms with E-state index in [1.807, 2.05) is 48.5 Å². The highest BCUT2D eigenvalue weighted by molar-refractivity contribution is 6.42. The molecule has 4 nitrogen and oxygen atoms in total. The molecule has 0 atom stereocenters. The van der Waals surface area contributed by atoms with E-state index in [1.54, 1.807) is 6.07 Å². The maximum absolute atomic E-state index is 9.18. The zero-order chi connectivity index (χ0) is 18.4. The largest absolute Gasteiger partial charge is 0.396 e. The Morgan fingerprint density at radius 3 is 2.50 bits per heavy atom. The highest BCUT2D eigenvalue weighted by atomic mass is 35.5. The number of benzene rings is 2. The van der Waals surface area contributed by atoms with Gasteiger partial charge in [0.1, 0.15) is 5.69 Å². The van der Waals surface area contributed by atoms with Gasteiger partial charge in [-0.1, -0.05) is 64.8 Å². The molecule has 3 aromatic rings. The van der Waals surface area contributed by atoms with Gasteiger partial charge in [-0.15, -0.1) is 0 Å². The first kappa shape index (κ1) is 18.9. The predicted octanol–water partition coefficient (Wildman–Crippen LogP) is 5.03. The van der Waals surface area contributed by atoms with Crippen molar-refractivity contribution < 1.29 is 9.63 Å². The normalized spacial score (nSPS) is 11.2. The van der Waals surface area contributed by atoms with Crippen LogP contribution in [0, 0.1) is 0 Å². The van der Waals surface area contributed by atoms with E-state index in [4.69, 9.17) is 27.7 Å². The van der Waals surface area contributed by atoms with E-state index in [-0.39, 0.29) is 6.61 Å². The summed E-state index contributed by atoms with van der Waals surface area (Å²) in [5, 5.41) is 14.4. The smallest absolute Gasteiger partial charge is 0.151 e. The van der Waals surface area contributed by atoms with Crippen LogP contribution in [0.4, 0.5) is 0 Å². The molecule has 0 bridgehead atoms. The van der Waals surface area contributed by atoms with Gasteiger partial charge in [0.2, 0.25) is 0 Å². The maximum atomic E-state index is 9.18. The van der Waals surface area contributed by atoms with E-state index in [0.717, 1.165) is 29.1 Å². The Labute approximate surface area is 162 Å². The molecule has 26 heavy (non-hydrogen) atoms. The molecule has 3 rings (SSSR count). The molecule has 136 valence electrons. The van der Waals surface area contributed by atoms with Gasteiger partial charge in [0, 0.05) is 31.3 Å². The number of nitrogens with zero attached hydrogens (tertiary/aromatic N) is 2. The monoisotopic (exact) mass is 390 g/mol. The van der Waals surface area contributed by atoms with Crippen LogP contribution in [-0.4, -0.2) is 28.3 Å². The van der Waals surface area contributed by atoms with Crippen LogP contribution in [0.1, 0.15) is 17.7 Å². The van der Waals surface area contributed by atoms with Crippen molar-refractivity contribution in [2.75, 3.05) is 13.2 Å². The van der Waals surface area contributed by atoms with Crippen LogP contribution >= 0.6 is 23.2 Å². The number of rotatable bonds is 8. The van der Waals surface area contributed by atoms with Crippen LogP contribution in [-0.2, 0) is 13.1 Å². The van der Waals surface area contributed by atoms with E-state index in [0.29, 0.717) is 29.6 Å². The molecule has 0 amide bonds. The van der Waals surface area contributed by atoms with Crippen LogP contribution < -0.4 is 0 Å². The van der Waals surface area contributed by atoms with E-state index in [1.165, 1.54) is 0 Å². The van der Waals surface area contributed by atoms with Gasteiger partial charge < -0.3 is 9.63 Å². The van der Waals surface area contributed by atoms with Gasteiger partial charge >= 0.3 is 0 Å². The molecule has 2 aromatic carbocycles. The van der Waals surface area contributed by atoms with E-state index in [9.17, 15) is 5.11 Å². The number of aliphatic hydroxyl groups is 1. The molecule has 0 saturated carbocycles. The Bertz CT molecular complexity index is 837. The summed E-state index contributed by atoms with van der Waals surface area (Å²) in [6.07, 6.45) is 0.682. The molecule has 0 aliphatic carbocycles. The van der Waals surface area contributed by atoms with Gasteiger partial charge in [0.05, 0.1) is 16.6 Å². The maximum Gasteiger partial charge on any atom is 0.151 e. The second-order valence-electron chi connectivity index (χ2n) is 6.08. The predicted molar refractivity (Wildman–Crippen MR) is 104 cm³/mol. The van der Waals surface area contributed by atoms with Crippen LogP contribution in [0.3, 0.4) is 0 Å². The summed E-state index contributed by atoms with van der Waals surface area (Å²) in [5.74, 6) is 0.779. The topological polar surface area (TPSA) is 49.5 Å². The van der Waals surface area contributed by atoms with Gasteiger partial charge in [-0.25, -0.2) is 0 Å². The zero-order valence-corrected chi connectivity index (χ0v) is 15.7. The molecule has 1 N–H and O–H groups in total. The molecule has 0 aliphatic heterocycles. The number of aliphatic hydroxyl groups excluding tert-OH is 1. The molecular formula is C20H20Cl2N2O2. The zero-order valence-electron chi connectivity index (χ0n) is 14.2. The lowest BCUT2D eigenvalue weighted by atomic mass is 10.1. The summed E-state index contributed by atoms with van der Waals surface area (Å²) in [7, 11) is 0. The Balaban J connectivity index is 1.72. The Morgan fingerprint density at radius 2 is 1.77 bits per heavy atom. The minimum absolute atomic E-state index is 0.142. The van der Waals surface area contributed by atoms with Gasteiger partial charge in [-0.05, 0) is 24.1 Å². The average Bonchev–Trinajstić information content (AvgIpc) is 3.12. The van der Waals surface area contributed by atoms with Crippen LogP contribution in [0.25, 0.3) is 11.3 Å². The summed E-state index contributed by atoms with van der Waals surface area (Å²) in [4.78, 5) is 2.19. The molecule has 0 fully saturated rings. The van der Waals surface area contributed by atoms with Crippen molar-refractivity contribution in [2.24, 2.45) is 0 Å². The molecule has 6 heteroatoms. The summed E-state index contributed by atoms with van der Waals surface area (Å²) < 4.78 is 5.51. The van der Waals surface area contributed by atoms with E-state index in [2.05, 4.69) is 10.1 Å². The number of hydrogen-bond donors (Lipinski definition) is 1. The molecule has 1 heterocycles. The molecule has 0 unspecified atom stereocenters. The lowest BCUT2D eigenvalue weighted by molar-refractivity contribution is 0.195. The summed E-state index contributed by atoms with van der Waals surface area (Å²) in [6, 6.07) is 17.5. The summed E-state index contributed by atoms with van der Waals surface area (Å²) >= 11 is 12.1. The number of hydrogen-bond acceptors (Lipinski definition) is 4. The Hall–Kier alpha value is -1.85. The third kappa shape index (κ3) is 5.08. The van der Waals surface area contributed by atoms with Crippen molar-refractivity contribution in [2.45, 2.75) is 19.5 Å². The second kappa shape index (κ2) is 9.19. The van der Waals surface area contributed by atoms with Crippen molar-refractivity contribution >= 4 is 23.2 Å².